The highest BCUT2D eigenvalue weighted by Gasteiger charge is 2.28. The van der Waals surface area contributed by atoms with E-state index in [0.29, 0.717) is 12.1 Å². The second kappa shape index (κ2) is 8.13. The van der Waals surface area contributed by atoms with Crippen LogP contribution in [-0.4, -0.2) is 49.2 Å². The molecule has 3 rings (SSSR count). The van der Waals surface area contributed by atoms with Gasteiger partial charge in [0.15, 0.2) is 0 Å². The molecule has 7 nitrogen and oxygen atoms in total. The van der Waals surface area contributed by atoms with Crippen LogP contribution in [0.5, 0.6) is 0 Å². The Labute approximate surface area is 168 Å². The van der Waals surface area contributed by atoms with Crippen LogP contribution in [0.3, 0.4) is 0 Å². The Hall–Kier alpha value is -2.43. The number of rotatable bonds is 5. The quantitative estimate of drug-likeness (QED) is 0.793. The second-order valence-electron chi connectivity index (χ2n) is 7.01. The van der Waals surface area contributed by atoms with Gasteiger partial charge in [-0.1, -0.05) is 6.07 Å². The van der Waals surface area contributed by atoms with Crippen molar-refractivity contribution in [3.8, 4) is 0 Å². The van der Waals surface area contributed by atoms with Gasteiger partial charge in [-0.25, -0.2) is 8.78 Å². The maximum atomic E-state index is 14.0. The molecule has 1 aliphatic rings. The fraction of sp³-hybridized carbons (Fsp3) is 0.368. The molecular weight excluding hydrogens is 402 g/mol. The van der Waals surface area contributed by atoms with Crippen molar-refractivity contribution in [2.24, 2.45) is 0 Å². The molecule has 0 fully saturated rings. The van der Waals surface area contributed by atoms with Gasteiger partial charge in [0.2, 0.25) is 0 Å². The lowest BCUT2D eigenvalue weighted by molar-refractivity contribution is 0.0724. The SMILES string of the molecule is Cc1ncc2c(c1CNS(=O)(=O)N(C)C)CCN(C(=O)c1c(F)cccc1F)C2. The van der Waals surface area contributed by atoms with Crippen molar-refractivity contribution in [1.29, 1.82) is 0 Å². The zero-order chi connectivity index (χ0) is 21.3. The van der Waals surface area contributed by atoms with Gasteiger partial charge in [-0.05, 0) is 42.2 Å². The number of hydrogen-bond acceptors (Lipinski definition) is 4. The van der Waals surface area contributed by atoms with E-state index < -0.39 is 33.3 Å². The number of nitrogens with zero attached hydrogens (tertiary/aromatic N) is 3. The van der Waals surface area contributed by atoms with Crippen molar-refractivity contribution in [1.82, 2.24) is 18.9 Å². The fourth-order valence-corrected chi connectivity index (χ4v) is 3.87. The molecule has 1 aromatic heterocycles. The molecule has 10 heteroatoms. The minimum Gasteiger partial charge on any atom is -0.334 e. The third kappa shape index (κ3) is 4.29. The minimum atomic E-state index is -3.60. The Morgan fingerprint density at radius 2 is 1.93 bits per heavy atom. The Balaban J connectivity index is 1.85. The molecule has 2 aromatic rings. The monoisotopic (exact) mass is 424 g/mol. The van der Waals surface area contributed by atoms with E-state index in [1.165, 1.54) is 25.1 Å². The Bertz CT molecular complexity index is 1040. The van der Waals surface area contributed by atoms with E-state index in [4.69, 9.17) is 0 Å². The van der Waals surface area contributed by atoms with Gasteiger partial charge in [-0.15, -0.1) is 0 Å². The molecule has 0 saturated carbocycles. The van der Waals surface area contributed by atoms with E-state index >= 15 is 0 Å². The molecular formula is C19H22F2N4O3S. The maximum Gasteiger partial charge on any atom is 0.279 e. The number of halogens is 2. The maximum absolute atomic E-state index is 14.0. The molecule has 2 heterocycles. The number of carbonyl (C=O) groups is 1. The van der Waals surface area contributed by atoms with Crippen LogP contribution in [0.15, 0.2) is 24.4 Å². The molecule has 0 bridgehead atoms. The van der Waals surface area contributed by atoms with Gasteiger partial charge in [0, 0.05) is 45.6 Å². The number of aryl methyl sites for hydroxylation is 1. The van der Waals surface area contributed by atoms with Crippen molar-refractivity contribution in [3.05, 3.63) is 64.0 Å². The molecule has 1 aliphatic heterocycles. The van der Waals surface area contributed by atoms with Gasteiger partial charge in [0.05, 0.1) is 0 Å². The molecule has 0 saturated heterocycles. The van der Waals surface area contributed by atoms with Gasteiger partial charge in [0.1, 0.15) is 17.2 Å². The molecule has 29 heavy (non-hydrogen) atoms. The highest BCUT2D eigenvalue weighted by molar-refractivity contribution is 7.87. The summed E-state index contributed by atoms with van der Waals surface area (Å²) in [5, 5.41) is 0. The van der Waals surface area contributed by atoms with Crippen molar-refractivity contribution in [2.75, 3.05) is 20.6 Å². The predicted octanol–water partition coefficient (Wildman–Crippen LogP) is 1.76. The van der Waals surface area contributed by atoms with Gasteiger partial charge in [-0.2, -0.15) is 17.4 Å². The summed E-state index contributed by atoms with van der Waals surface area (Å²) in [5.74, 6) is -2.52. The van der Waals surface area contributed by atoms with Crippen LogP contribution in [0, 0.1) is 18.6 Å². The fourth-order valence-electron chi connectivity index (χ4n) is 3.28. The average Bonchev–Trinajstić information content (AvgIpc) is 2.66. The van der Waals surface area contributed by atoms with Crippen LogP contribution in [0.4, 0.5) is 8.78 Å². The molecule has 1 aromatic carbocycles. The summed E-state index contributed by atoms with van der Waals surface area (Å²) in [6.07, 6.45) is 2.05. The molecule has 0 radical (unpaired) electrons. The molecule has 0 atom stereocenters. The number of carbonyl (C=O) groups excluding carboxylic acids is 1. The summed E-state index contributed by atoms with van der Waals surface area (Å²) in [6.45, 7) is 2.25. The van der Waals surface area contributed by atoms with Gasteiger partial charge in [0.25, 0.3) is 16.1 Å². The highest BCUT2D eigenvalue weighted by Crippen LogP contribution is 2.26. The third-order valence-electron chi connectivity index (χ3n) is 4.97. The topological polar surface area (TPSA) is 82.6 Å². The third-order valence-corrected chi connectivity index (χ3v) is 6.44. The van der Waals surface area contributed by atoms with E-state index in [0.717, 1.165) is 33.1 Å². The number of hydrogen-bond donors (Lipinski definition) is 1. The van der Waals surface area contributed by atoms with Crippen molar-refractivity contribution >= 4 is 16.1 Å². The molecule has 0 spiro atoms. The van der Waals surface area contributed by atoms with E-state index in [9.17, 15) is 22.0 Å². The Morgan fingerprint density at radius 3 is 2.55 bits per heavy atom. The molecule has 156 valence electrons. The standard InChI is InChI=1S/C19H22F2N4O3S/c1-12-15(10-23-29(27,28)24(2)3)14-7-8-25(11-13(14)9-22-12)19(26)18-16(20)5-4-6-17(18)21/h4-6,9,23H,7-8,10-11H2,1-3H3. The summed E-state index contributed by atoms with van der Waals surface area (Å²) in [6, 6.07) is 3.31. The number of pyridine rings is 1. The lowest BCUT2D eigenvalue weighted by atomic mass is 9.94. The average molecular weight is 424 g/mol. The largest absolute Gasteiger partial charge is 0.334 e. The first kappa shape index (κ1) is 21.3. The van der Waals surface area contributed by atoms with E-state index in [1.54, 1.807) is 13.1 Å². The Morgan fingerprint density at radius 1 is 1.28 bits per heavy atom. The first-order valence-electron chi connectivity index (χ1n) is 8.98. The molecule has 0 unspecified atom stereocenters. The first-order valence-corrected chi connectivity index (χ1v) is 10.4. The van der Waals surface area contributed by atoms with Crippen LogP contribution in [-0.2, 0) is 29.7 Å². The van der Waals surface area contributed by atoms with E-state index in [1.807, 2.05) is 0 Å². The second-order valence-corrected chi connectivity index (χ2v) is 8.98. The summed E-state index contributed by atoms with van der Waals surface area (Å²) < 4.78 is 55.6. The van der Waals surface area contributed by atoms with E-state index in [2.05, 4.69) is 9.71 Å². The normalized spacial score (nSPS) is 14.2. The zero-order valence-corrected chi connectivity index (χ0v) is 17.2. The van der Waals surface area contributed by atoms with Crippen LogP contribution in [0.2, 0.25) is 0 Å². The smallest absolute Gasteiger partial charge is 0.279 e. The van der Waals surface area contributed by atoms with Crippen LogP contribution < -0.4 is 4.72 Å². The lowest BCUT2D eigenvalue weighted by Crippen LogP contribution is -2.39. The molecule has 1 N–H and O–H groups in total. The number of fused-ring (bicyclic) bond motifs is 1. The summed E-state index contributed by atoms with van der Waals surface area (Å²) in [4.78, 5) is 18.3. The van der Waals surface area contributed by atoms with Gasteiger partial charge in [-0.3, -0.25) is 9.78 Å². The molecule has 1 amide bonds. The highest BCUT2D eigenvalue weighted by atomic mass is 32.2. The minimum absolute atomic E-state index is 0.0679. The Kier molecular flexibility index (Phi) is 5.97. The lowest BCUT2D eigenvalue weighted by Gasteiger charge is -2.31. The molecule has 0 aliphatic carbocycles. The zero-order valence-electron chi connectivity index (χ0n) is 16.4. The van der Waals surface area contributed by atoms with Crippen molar-refractivity contribution in [3.63, 3.8) is 0 Å². The van der Waals surface area contributed by atoms with Gasteiger partial charge >= 0.3 is 0 Å². The number of benzene rings is 1. The number of amides is 1. The summed E-state index contributed by atoms with van der Waals surface area (Å²) in [5.41, 5.74) is 2.49. The van der Waals surface area contributed by atoms with Crippen LogP contribution in [0.1, 0.15) is 32.7 Å². The predicted molar refractivity (Wildman–Crippen MR) is 103 cm³/mol. The van der Waals surface area contributed by atoms with Crippen LogP contribution >= 0.6 is 0 Å². The summed E-state index contributed by atoms with van der Waals surface area (Å²) >= 11 is 0. The van der Waals surface area contributed by atoms with Gasteiger partial charge < -0.3 is 4.90 Å². The number of nitrogens with one attached hydrogen (secondary N) is 1. The van der Waals surface area contributed by atoms with Crippen molar-refractivity contribution in [2.45, 2.75) is 26.4 Å². The van der Waals surface area contributed by atoms with E-state index in [-0.39, 0.29) is 19.6 Å². The number of aromatic nitrogens is 1. The van der Waals surface area contributed by atoms with Crippen LogP contribution in [0.25, 0.3) is 0 Å². The first-order chi connectivity index (χ1) is 13.6. The summed E-state index contributed by atoms with van der Waals surface area (Å²) in [7, 11) is -0.742. The van der Waals surface area contributed by atoms with Crippen molar-refractivity contribution < 1.29 is 22.0 Å².